The number of sulfone groups is 1. The van der Waals surface area contributed by atoms with Gasteiger partial charge in [-0.3, -0.25) is 9.59 Å². The second-order valence-corrected chi connectivity index (χ2v) is 11.5. The van der Waals surface area contributed by atoms with Gasteiger partial charge in [0.1, 0.15) is 0 Å². The number of carbonyl (C=O) groups is 2. The van der Waals surface area contributed by atoms with E-state index in [1.807, 2.05) is 13.0 Å². The Hall–Kier alpha value is -3.69. The van der Waals surface area contributed by atoms with Crippen molar-refractivity contribution in [2.75, 3.05) is 31.5 Å². The van der Waals surface area contributed by atoms with Crippen molar-refractivity contribution >= 4 is 39.0 Å². The third-order valence-corrected chi connectivity index (χ3v) is 8.45. The molecule has 0 unspecified atom stereocenters. The second-order valence-electron chi connectivity index (χ2n) is 9.55. The molecule has 1 fully saturated rings. The number of hydrogen-bond acceptors (Lipinski definition) is 5. The molecule has 0 spiro atoms. The van der Waals surface area contributed by atoms with Gasteiger partial charge in [-0.1, -0.05) is 30.3 Å². The molecule has 37 heavy (non-hydrogen) atoms. The average molecular weight is 519 g/mol. The number of anilines is 1. The van der Waals surface area contributed by atoms with Gasteiger partial charge in [-0.2, -0.15) is 0 Å². The van der Waals surface area contributed by atoms with Gasteiger partial charge in [-0.15, -0.1) is 0 Å². The first kappa shape index (κ1) is 25.0. The summed E-state index contributed by atoms with van der Waals surface area (Å²) in [5, 5.41) is 5.77. The highest BCUT2D eigenvalue weighted by atomic mass is 32.2. The van der Waals surface area contributed by atoms with Crippen molar-refractivity contribution in [2.24, 2.45) is 0 Å². The second kappa shape index (κ2) is 10.4. The minimum atomic E-state index is -3.63. The molecule has 1 saturated heterocycles. The summed E-state index contributed by atoms with van der Waals surface area (Å²) in [6.45, 7) is 5.33. The first-order chi connectivity index (χ1) is 17.8. The lowest BCUT2D eigenvalue weighted by molar-refractivity contribution is -0.110. The smallest absolute Gasteiger partial charge is 0.256 e. The summed E-state index contributed by atoms with van der Waals surface area (Å²) in [5.74, 6) is -0.696. The maximum absolute atomic E-state index is 13.1. The fourth-order valence-electron chi connectivity index (χ4n) is 4.87. The van der Waals surface area contributed by atoms with Gasteiger partial charge in [0.05, 0.1) is 27.5 Å². The number of amides is 2. The molecule has 1 aromatic heterocycles. The molecule has 2 aromatic carbocycles. The molecule has 0 aliphatic carbocycles. The lowest BCUT2D eigenvalue weighted by atomic mass is 10.0. The summed E-state index contributed by atoms with van der Waals surface area (Å²) in [7, 11) is -3.63. The highest BCUT2D eigenvalue weighted by Gasteiger charge is 2.28. The predicted molar refractivity (Wildman–Crippen MR) is 144 cm³/mol. The van der Waals surface area contributed by atoms with Gasteiger partial charge in [0, 0.05) is 30.0 Å². The number of aromatic nitrogens is 1. The molecule has 3 N–H and O–H groups in total. The zero-order chi connectivity index (χ0) is 26.0. The van der Waals surface area contributed by atoms with E-state index < -0.39 is 9.84 Å². The van der Waals surface area contributed by atoms with Crippen molar-refractivity contribution < 1.29 is 18.0 Å². The normalized spacial score (nSPS) is 16.7. The Morgan fingerprint density at radius 3 is 2.59 bits per heavy atom. The van der Waals surface area contributed by atoms with Crippen molar-refractivity contribution in [2.45, 2.75) is 30.4 Å². The van der Waals surface area contributed by atoms with Gasteiger partial charge >= 0.3 is 0 Å². The summed E-state index contributed by atoms with van der Waals surface area (Å²) < 4.78 is 26.2. The number of nitrogens with zero attached hydrogens (tertiary/aromatic N) is 1. The molecule has 2 amide bonds. The fraction of sp³-hybridized carbons (Fsp3) is 0.286. The van der Waals surface area contributed by atoms with E-state index in [-0.39, 0.29) is 22.5 Å². The van der Waals surface area contributed by atoms with E-state index in [1.54, 1.807) is 42.5 Å². The van der Waals surface area contributed by atoms with Crippen LogP contribution in [-0.4, -0.2) is 56.3 Å². The van der Waals surface area contributed by atoms with Crippen molar-refractivity contribution in [3.63, 3.8) is 0 Å². The lowest BCUT2D eigenvalue weighted by Gasteiger charge is -2.14. The standard InChI is InChI=1S/C28H30N4O4S/c1-19-15-24(27(33)29-11-14-32-12-5-6-13-32)26(30-19)17-23-22-16-21(9-10-25(22)31-28(23)34)37(35,36)18-20-7-3-2-4-8-20/h2-4,7-10,15-17,30H,5-6,11-14,18H2,1H3,(H,29,33)(H,31,34). The molecule has 0 bridgehead atoms. The molecule has 192 valence electrons. The predicted octanol–water partition coefficient (Wildman–Crippen LogP) is 3.62. The Labute approximate surface area is 216 Å². The average Bonchev–Trinajstić information content (AvgIpc) is 3.59. The molecule has 3 aromatic rings. The number of hydrogen-bond donors (Lipinski definition) is 3. The van der Waals surface area contributed by atoms with Gasteiger partial charge in [0.25, 0.3) is 11.8 Å². The number of likely N-dealkylation sites (tertiary alicyclic amines) is 1. The molecule has 0 saturated carbocycles. The summed E-state index contributed by atoms with van der Waals surface area (Å²) in [4.78, 5) is 31.4. The molecule has 5 rings (SSSR count). The number of carbonyl (C=O) groups excluding carboxylic acids is 2. The number of aryl methyl sites for hydroxylation is 1. The molecule has 2 aliphatic rings. The van der Waals surface area contributed by atoms with Crippen LogP contribution in [0.25, 0.3) is 11.6 Å². The Bertz CT molecular complexity index is 1470. The van der Waals surface area contributed by atoms with E-state index >= 15 is 0 Å². The summed E-state index contributed by atoms with van der Waals surface area (Å²) in [6, 6.07) is 15.4. The van der Waals surface area contributed by atoms with Crippen molar-refractivity contribution in [1.29, 1.82) is 0 Å². The van der Waals surface area contributed by atoms with Crippen LogP contribution >= 0.6 is 0 Å². The minimum Gasteiger partial charge on any atom is -0.358 e. The summed E-state index contributed by atoms with van der Waals surface area (Å²) in [6.07, 6.45) is 4.01. The number of aromatic amines is 1. The molecule has 0 atom stereocenters. The van der Waals surface area contributed by atoms with Crippen LogP contribution in [0.3, 0.4) is 0 Å². The fourth-order valence-corrected chi connectivity index (χ4v) is 6.24. The van der Waals surface area contributed by atoms with E-state index in [0.717, 1.165) is 25.3 Å². The van der Waals surface area contributed by atoms with Crippen LogP contribution in [0.15, 0.2) is 59.5 Å². The number of rotatable bonds is 8. The lowest BCUT2D eigenvalue weighted by Crippen LogP contribution is -2.33. The first-order valence-electron chi connectivity index (χ1n) is 12.4. The van der Waals surface area contributed by atoms with Gasteiger partial charge in [-0.05, 0) is 68.8 Å². The van der Waals surface area contributed by atoms with Crippen LogP contribution in [0.2, 0.25) is 0 Å². The largest absolute Gasteiger partial charge is 0.358 e. The van der Waals surface area contributed by atoms with Crippen LogP contribution in [0.4, 0.5) is 5.69 Å². The highest BCUT2D eigenvalue weighted by molar-refractivity contribution is 7.90. The van der Waals surface area contributed by atoms with Crippen LogP contribution in [0, 0.1) is 6.92 Å². The molecular weight excluding hydrogens is 488 g/mol. The van der Waals surface area contributed by atoms with E-state index in [9.17, 15) is 18.0 Å². The zero-order valence-corrected chi connectivity index (χ0v) is 21.5. The van der Waals surface area contributed by atoms with E-state index in [2.05, 4.69) is 20.5 Å². The maximum Gasteiger partial charge on any atom is 0.256 e. The summed E-state index contributed by atoms with van der Waals surface area (Å²) in [5.41, 5.74) is 3.76. The third kappa shape index (κ3) is 5.52. The van der Waals surface area contributed by atoms with Gasteiger partial charge in [0.2, 0.25) is 0 Å². The Kier molecular flexibility index (Phi) is 6.99. The number of benzene rings is 2. The van der Waals surface area contributed by atoms with E-state index in [4.69, 9.17) is 0 Å². The highest BCUT2D eigenvalue weighted by Crippen LogP contribution is 2.35. The Morgan fingerprint density at radius 2 is 1.84 bits per heavy atom. The van der Waals surface area contributed by atoms with Crippen LogP contribution in [0.5, 0.6) is 0 Å². The Balaban J connectivity index is 1.40. The zero-order valence-electron chi connectivity index (χ0n) is 20.7. The number of fused-ring (bicyclic) bond motifs is 1. The third-order valence-electron chi connectivity index (χ3n) is 6.76. The first-order valence-corrected chi connectivity index (χ1v) is 14.1. The quantitative estimate of drug-likeness (QED) is 0.395. The van der Waals surface area contributed by atoms with Crippen LogP contribution in [-0.2, 0) is 20.4 Å². The minimum absolute atomic E-state index is 0.134. The molecule has 2 aliphatic heterocycles. The van der Waals surface area contributed by atoms with Crippen molar-refractivity contribution in [1.82, 2.24) is 15.2 Å². The summed E-state index contributed by atoms with van der Waals surface area (Å²) >= 11 is 0. The SMILES string of the molecule is Cc1cc(C(=O)NCCN2CCCC2)c(C=C2C(=O)Nc3ccc(S(=O)(=O)Cc4ccccc4)cc32)[nH]1. The maximum atomic E-state index is 13.1. The topological polar surface area (TPSA) is 111 Å². The molecule has 3 heterocycles. The van der Waals surface area contributed by atoms with Crippen molar-refractivity contribution in [3.05, 3.63) is 82.7 Å². The van der Waals surface area contributed by atoms with E-state index in [1.165, 1.54) is 25.0 Å². The van der Waals surface area contributed by atoms with Gasteiger partial charge in [-0.25, -0.2) is 8.42 Å². The monoisotopic (exact) mass is 518 g/mol. The molecule has 9 heteroatoms. The number of H-pyrrole nitrogens is 1. The molecule has 0 radical (unpaired) electrons. The van der Waals surface area contributed by atoms with E-state index in [0.29, 0.717) is 40.2 Å². The van der Waals surface area contributed by atoms with Crippen molar-refractivity contribution in [3.8, 4) is 0 Å². The number of nitrogens with one attached hydrogen (secondary N) is 3. The van der Waals surface area contributed by atoms with Crippen LogP contribution in [0.1, 0.15) is 45.7 Å². The van der Waals surface area contributed by atoms with Gasteiger partial charge in [0.15, 0.2) is 9.84 Å². The Morgan fingerprint density at radius 1 is 1.08 bits per heavy atom. The molecule has 8 nitrogen and oxygen atoms in total. The van der Waals surface area contributed by atoms with Gasteiger partial charge < -0.3 is 20.5 Å². The van der Waals surface area contributed by atoms with Crippen LogP contribution < -0.4 is 10.6 Å². The molecular formula is C28H30N4O4S.